The fourth-order valence-electron chi connectivity index (χ4n) is 1.64. The summed E-state index contributed by atoms with van der Waals surface area (Å²) in [7, 11) is 7.91. The standard InChI is InChI=1S/C13H23N3O/c1-15(2)7-8-16(3)10-11-5-6-13(17-4)12(14)9-11/h5-6,9H,7-8,10,14H2,1-4H3. The summed E-state index contributed by atoms with van der Waals surface area (Å²) in [5.74, 6) is 0.740. The summed E-state index contributed by atoms with van der Waals surface area (Å²) in [6.45, 7) is 3.00. The number of nitrogens with zero attached hydrogens (tertiary/aromatic N) is 2. The molecule has 0 saturated carbocycles. The molecule has 0 fully saturated rings. The average molecular weight is 237 g/mol. The topological polar surface area (TPSA) is 41.7 Å². The maximum atomic E-state index is 5.88. The van der Waals surface area contributed by atoms with Crippen molar-refractivity contribution in [1.29, 1.82) is 0 Å². The molecule has 1 aromatic carbocycles. The smallest absolute Gasteiger partial charge is 0.141 e. The minimum atomic E-state index is 0.700. The maximum absolute atomic E-state index is 5.88. The Balaban J connectivity index is 2.53. The van der Waals surface area contributed by atoms with Crippen molar-refractivity contribution >= 4 is 5.69 Å². The Labute approximate surface area is 104 Å². The lowest BCUT2D eigenvalue weighted by molar-refractivity contribution is 0.276. The van der Waals surface area contributed by atoms with Crippen LogP contribution in [0.3, 0.4) is 0 Å². The first kappa shape index (κ1) is 13.8. The zero-order valence-corrected chi connectivity index (χ0v) is 11.2. The molecule has 1 aromatic rings. The van der Waals surface area contributed by atoms with Crippen molar-refractivity contribution in [3.05, 3.63) is 23.8 Å². The van der Waals surface area contributed by atoms with Crippen molar-refractivity contribution in [2.75, 3.05) is 47.1 Å². The molecule has 0 aliphatic rings. The first-order chi connectivity index (χ1) is 8.02. The molecule has 4 heteroatoms. The molecular weight excluding hydrogens is 214 g/mol. The number of nitrogen functional groups attached to an aromatic ring is 1. The van der Waals surface area contributed by atoms with Crippen LogP contribution >= 0.6 is 0 Å². The Bertz CT molecular complexity index is 353. The van der Waals surface area contributed by atoms with Crippen LogP contribution in [0.25, 0.3) is 0 Å². The van der Waals surface area contributed by atoms with Gasteiger partial charge in [-0.15, -0.1) is 0 Å². The fraction of sp³-hybridized carbons (Fsp3) is 0.538. The molecule has 0 saturated heterocycles. The van der Waals surface area contributed by atoms with Crippen LogP contribution in [0.2, 0.25) is 0 Å². The highest BCUT2D eigenvalue weighted by Crippen LogP contribution is 2.22. The van der Waals surface area contributed by atoms with Gasteiger partial charge in [0.05, 0.1) is 12.8 Å². The Hall–Kier alpha value is -1.26. The molecule has 0 aromatic heterocycles. The Morgan fingerprint density at radius 2 is 1.88 bits per heavy atom. The number of likely N-dealkylation sites (N-methyl/N-ethyl adjacent to an activating group) is 2. The third-order valence-corrected chi connectivity index (χ3v) is 2.68. The minimum Gasteiger partial charge on any atom is -0.495 e. The van der Waals surface area contributed by atoms with Crippen molar-refractivity contribution in [1.82, 2.24) is 9.80 Å². The number of anilines is 1. The predicted molar refractivity (Wildman–Crippen MR) is 72.3 cm³/mol. The van der Waals surface area contributed by atoms with E-state index >= 15 is 0 Å². The molecule has 4 nitrogen and oxygen atoms in total. The molecule has 1 rings (SSSR count). The minimum absolute atomic E-state index is 0.700. The van der Waals surface area contributed by atoms with Gasteiger partial charge in [0.15, 0.2) is 0 Å². The van der Waals surface area contributed by atoms with E-state index in [1.54, 1.807) is 7.11 Å². The Kier molecular flexibility index (Phi) is 5.25. The van der Waals surface area contributed by atoms with Gasteiger partial charge in [-0.05, 0) is 38.8 Å². The van der Waals surface area contributed by atoms with Gasteiger partial charge in [0.1, 0.15) is 5.75 Å². The highest BCUT2D eigenvalue weighted by Gasteiger charge is 2.04. The molecule has 0 heterocycles. The van der Waals surface area contributed by atoms with E-state index in [9.17, 15) is 0 Å². The van der Waals surface area contributed by atoms with Gasteiger partial charge >= 0.3 is 0 Å². The van der Waals surface area contributed by atoms with Crippen LogP contribution in [0.5, 0.6) is 5.75 Å². The quantitative estimate of drug-likeness (QED) is 0.757. The lowest BCUT2D eigenvalue weighted by Gasteiger charge is -2.19. The average Bonchev–Trinajstić information content (AvgIpc) is 2.26. The first-order valence-electron chi connectivity index (χ1n) is 5.78. The van der Waals surface area contributed by atoms with Gasteiger partial charge in [0, 0.05) is 19.6 Å². The molecule has 0 aliphatic heterocycles. The van der Waals surface area contributed by atoms with Crippen LogP contribution in [0.4, 0.5) is 5.69 Å². The number of hydrogen-bond acceptors (Lipinski definition) is 4. The number of hydrogen-bond donors (Lipinski definition) is 1. The Morgan fingerprint density at radius 3 is 2.41 bits per heavy atom. The van der Waals surface area contributed by atoms with E-state index in [1.807, 2.05) is 12.1 Å². The lowest BCUT2D eigenvalue weighted by Crippen LogP contribution is -2.28. The molecular formula is C13H23N3O. The summed E-state index contributed by atoms with van der Waals surface area (Å²) >= 11 is 0. The van der Waals surface area contributed by atoms with Crippen LogP contribution in [0, 0.1) is 0 Å². The molecule has 0 unspecified atom stereocenters. The summed E-state index contributed by atoms with van der Waals surface area (Å²) < 4.78 is 5.14. The van der Waals surface area contributed by atoms with Crippen molar-refractivity contribution in [2.24, 2.45) is 0 Å². The third kappa shape index (κ3) is 4.63. The molecule has 2 N–H and O–H groups in total. The summed E-state index contributed by atoms with van der Waals surface area (Å²) in [6.07, 6.45) is 0. The SMILES string of the molecule is COc1ccc(CN(C)CCN(C)C)cc1N. The maximum Gasteiger partial charge on any atom is 0.141 e. The molecule has 0 bridgehead atoms. The zero-order chi connectivity index (χ0) is 12.8. The predicted octanol–water partition coefficient (Wildman–Crippen LogP) is 1.27. The van der Waals surface area contributed by atoms with Gasteiger partial charge in [-0.1, -0.05) is 6.07 Å². The van der Waals surface area contributed by atoms with E-state index in [1.165, 1.54) is 5.56 Å². The second-order valence-electron chi connectivity index (χ2n) is 4.62. The van der Waals surface area contributed by atoms with Gasteiger partial charge in [-0.2, -0.15) is 0 Å². The summed E-state index contributed by atoms with van der Waals surface area (Å²) in [4.78, 5) is 4.46. The van der Waals surface area contributed by atoms with Gasteiger partial charge in [-0.25, -0.2) is 0 Å². The van der Waals surface area contributed by atoms with E-state index in [-0.39, 0.29) is 0 Å². The molecule has 17 heavy (non-hydrogen) atoms. The van der Waals surface area contributed by atoms with Crippen molar-refractivity contribution < 1.29 is 4.74 Å². The van der Waals surface area contributed by atoms with Gasteiger partial charge in [0.25, 0.3) is 0 Å². The highest BCUT2D eigenvalue weighted by molar-refractivity contribution is 5.54. The van der Waals surface area contributed by atoms with Crippen molar-refractivity contribution in [2.45, 2.75) is 6.54 Å². The molecule has 0 atom stereocenters. The summed E-state index contributed by atoms with van der Waals surface area (Å²) in [5.41, 5.74) is 7.79. The van der Waals surface area contributed by atoms with Crippen molar-refractivity contribution in [3.63, 3.8) is 0 Å². The lowest BCUT2D eigenvalue weighted by atomic mass is 10.2. The summed E-state index contributed by atoms with van der Waals surface area (Å²) in [6, 6.07) is 5.96. The van der Waals surface area contributed by atoms with Crippen LogP contribution in [0.15, 0.2) is 18.2 Å². The molecule has 96 valence electrons. The van der Waals surface area contributed by atoms with Gasteiger partial charge in [0.2, 0.25) is 0 Å². The van der Waals surface area contributed by atoms with Crippen LogP contribution in [-0.4, -0.2) is 51.1 Å². The Morgan fingerprint density at radius 1 is 1.18 bits per heavy atom. The number of nitrogens with two attached hydrogens (primary N) is 1. The largest absolute Gasteiger partial charge is 0.495 e. The number of rotatable bonds is 6. The second-order valence-corrected chi connectivity index (χ2v) is 4.62. The zero-order valence-electron chi connectivity index (χ0n) is 11.2. The van der Waals surface area contributed by atoms with E-state index < -0.39 is 0 Å². The summed E-state index contributed by atoms with van der Waals surface area (Å²) in [5, 5.41) is 0. The molecule has 0 radical (unpaired) electrons. The molecule has 0 aliphatic carbocycles. The molecule has 0 amide bonds. The number of ether oxygens (including phenoxy) is 1. The van der Waals surface area contributed by atoms with Crippen molar-refractivity contribution in [3.8, 4) is 5.75 Å². The second kappa shape index (κ2) is 6.47. The molecule has 0 spiro atoms. The van der Waals surface area contributed by atoms with Crippen LogP contribution < -0.4 is 10.5 Å². The van der Waals surface area contributed by atoms with Crippen LogP contribution in [-0.2, 0) is 6.54 Å². The number of methoxy groups -OCH3 is 1. The fourth-order valence-corrected chi connectivity index (χ4v) is 1.64. The number of benzene rings is 1. The monoisotopic (exact) mass is 237 g/mol. The van der Waals surface area contributed by atoms with E-state index in [0.29, 0.717) is 5.69 Å². The van der Waals surface area contributed by atoms with E-state index in [0.717, 1.165) is 25.4 Å². The van der Waals surface area contributed by atoms with E-state index in [4.69, 9.17) is 10.5 Å². The van der Waals surface area contributed by atoms with Crippen LogP contribution in [0.1, 0.15) is 5.56 Å². The van der Waals surface area contributed by atoms with Gasteiger partial charge in [-0.3, -0.25) is 0 Å². The first-order valence-corrected chi connectivity index (χ1v) is 5.78. The highest BCUT2D eigenvalue weighted by atomic mass is 16.5. The normalized spacial score (nSPS) is 11.2. The van der Waals surface area contributed by atoms with Gasteiger partial charge < -0.3 is 20.3 Å². The third-order valence-electron chi connectivity index (χ3n) is 2.68. The van der Waals surface area contributed by atoms with E-state index in [2.05, 4.69) is 37.0 Å².